The van der Waals surface area contributed by atoms with Crippen LogP contribution in [0.5, 0.6) is 0 Å². The molecule has 0 saturated carbocycles. The van der Waals surface area contributed by atoms with E-state index in [4.69, 9.17) is 44.8 Å². The van der Waals surface area contributed by atoms with E-state index in [1.54, 1.807) is 45.0 Å². The molecule has 0 spiro atoms. The van der Waals surface area contributed by atoms with Gasteiger partial charge in [0.2, 0.25) is 3.79 Å². The summed E-state index contributed by atoms with van der Waals surface area (Å²) >= 11 is 16.6. The number of nitrogens with one attached hydrogen (secondary N) is 1. The monoisotopic (exact) mass is 454 g/mol. The standard InChI is InChI=1S/C17H21Cl3N2O4S/c1-11(2)15(22-16(23)26-10-17(18,19)20)9-27(24,25)12(3)14-6-4-13(8-21)5-7-14/h4-7,11-12,15H,9-10H2,1-3H3,(H,22,23). The van der Waals surface area contributed by atoms with Crippen LogP contribution in [0.15, 0.2) is 24.3 Å². The molecule has 0 fully saturated rings. The Bertz CT molecular complexity index is 784. The molecule has 27 heavy (non-hydrogen) atoms. The van der Waals surface area contributed by atoms with E-state index in [0.29, 0.717) is 11.1 Å². The van der Waals surface area contributed by atoms with Crippen LogP contribution in [0.1, 0.15) is 37.1 Å². The van der Waals surface area contributed by atoms with Gasteiger partial charge >= 0.3 is 6.09 Å². The van der Waals surface area contributed by atoms with Crippen molar-refractivity contribution in [2.24, 2.45) is 5.92 Å². The second-order valence-electron chi connectivity index (χ2n) is 6.39. The van der Waals surface area contributed by atoms with Gasteiger partial charge in [-0.2, -0.15) is 5.26 Å². The first-order valence-corrected chi connectivity index (χ1v) is 10.9. The minimum Gasteiger partial charge on any atom is -0.445 e. The first-order chi connectivity index (χ1) is 12.4. The third-order valence-electron chi connectivity index (χ3n) is 3.93. The zero-order valence-electron chi connectivity index (χ0n) is 15.1. The SMILES string of the molecule is CC(C)C(CS(=O)(=O)C(C)c1ccc(C#N)cc1)NC(=O)OCC(Cl)(Cl)Cl. The van der Waals surface area contributed by atoms with E-state index in [2.05, 4.69) is 5.32 Å². The predicted molar refractivity (Wildman–Crippen MR) is 107 cm³/mol. The average Bonchev–Trinajstić information content (AvgIpc) is 2.58. The lowest BCUT2D eigenvalue weighted by atomic mass is 10.1. The molecule has 0 aliphatic rings. The van der Waals surface area contributed by atoms with E-state index in [9.17, 15) is 13.2 Å². The smallest absolute Gasteiger partial charge is 0.407 e. The summed E-state index contributed by atoms with van der Waals surface area (Å²) in [6, 6.07) is 7.64. The second-order valence-corrected chi connectivity index (χ2v) is 11.3. The van der Waals surface area contributed by atoms with E-state index in [1.165, 1.54) is 0 Å². The van der Waals surface area contributed by atoms with Crippen LogP contribution in [0.3, 0.4) is 0 Å². The van der Waals surface area contributed by atoms with Crippen molar-refractivity contribution in [3.63, 3.8) is 0 Å². The Morgan fingerprint density at radius 1 is 1.22 bits per heavy atom. The molecule has 1 N–H and O–H groups in total. The topological polar surface area (TPSA) is 96.3 Å². The highest BCUT2D eigenvalue weighted by Gasteiger charge is 2.30. The molecule has 150 valence electrons. The lowest BCUT2D eigenvalue weighted by Gasteiger charge is -2.24. The lowest BCUT2D eigenvalue weighted by Crippen LogP contribution is -2.44. The number of nitriles is 1. The van der Waals surface area contributed by atoms with Crippen molar-refractivity contribution < 1.29 is 17.9 Å². The van der Waals surface area contributed by atoms with Gasteiger partial charge in [0.25, 0.3) is 0 Å². The summed E-state index contributed by atoms with van der Waals surface area (Å²) in [7, 11) is -3.60. The summed E-state index contributed by atoms with van der Waals surface area (Å²) in [6.45, 7) is 4.67. The Morgan fingerprint density at radius 3 is 2.22 bits per heavy atom. The zero-order valence-corrected chi connectivity index (χ0v) is 18.2. The van der Waals surface area contributed by atoms with Crippen LogP contribution >= 0.6 is 34.8 Å². The van der Waals surface area contributed by atoms with Crippen molar-refractivity contribution in [2.45, 2.75) is 35.9 Å². The molecule has 0 aromatic heterocycles. The van der Waals surface area contributed by atoms with Crippen LogP contribution in [-0.4, -0.2) is 36.7 Å². The molecule has 0 aliphatic heterocycles. The Labute approximate surface area is 174 Å². The summed E-state index contributed by atoms with van der Waals surface area (Å²) < 4.78 is 28.6. The van der Waals surface area contributed by atoms with Crippen molar-refractivity contribution in [3.8, 4) is 6.07 Å². The van der Waals surface area contributed by atoms with Crippen molar-refractivity contribution in [1.82, 2.24) is 5.32 Å². The number of alkyl halides is 3. The summed E-state index contributed by atoms with van der Waals surface area (Å²) in [6.07, 6.45) is -0.860. The number of ether oxygens (including phenoxy) is 1. The molecule has 6 nitrogen and oxygen atoms in total. The molecule has 1 amide bonds. The molecule has 1 aromatic carbocycles. The third-order valence-corrected chi connectivity index (χ3v) is 6.44. The Morgan fingerprint density at radius 2 is 1.78 bits per heavy atom. The molecule has 1 aromatic rings. The van der Waals surface area contributed by atoms with Crippen LogP contribution < -0.4 is 5.32 Å². The quantitative estimate of drug-likeness (QED) is 0.623. The Hall–Kier alpha value is -1.20. The average molecular weight is 456 g/mol. The Kier molecular flexibility index (Phi) is 8.68. The number of benzene rings is 1. The number of carbonyl (C=O) groups excluding carboxylic acids is 1. The van der Waals surface area contributed by atoms with Gasteiger partial charge in [-0.25, -0.2) is 13.2 Å². The fraction of sp³-hybridized carbons (Fsp3) is 0.529. The minimum absolute atomic E-state index is 0.173. The van der Waals surface area contributed by atoms with Gasteiger partial charge in [0.05, 0.1) is 22.6 Å². The van der Waals surface area contributed by atoms with E-state index in [-0.39, 0.29) is 11.7 Å². The third kappa shape index (κ3) is 8.14. The normalized spacial score (nSPS) is 14.3. The number of amides is 1. The van der Waals surface area contributed by atoms with Crippen LogP contribution in [0.2, 0.25) is 0 Å². The predicted octanol–water partition coefficient (Wildman–Crippen LogP) is 4.16. The van der Waals surface area contributed by atoms with Gasteiger partial charge in [-0.3, -0.25) is 0 Å². The maximum absolute atomic E-state index is 12.8. The molecule has 10 heteroatoms. The fourth-order valence-electron chi connectivity index (χ4n) is 2.17. The first kappa shape index (κ1) is 23.8. The summed E-state index contributed by atoms with van der Waals surface area (Å²) in [5.74, 6) is -0.456. The molecular formula is C17H21Cl3N2O4S. The minimum atomic E-state index is -3.60. The summed E-state index contributed by atoms with van der Waals surface area (Å²) in [5, 5.41) is 10.5. The van der Waals surface area contributed by atoms with Gasteiger partial charge in [-0.15, -0.1) is 0 Å². The van der Waals surface area contributed by atoms with Gasteiger partial charge in [0.1, 0.15) is 6.61 Å². The number of carbonyl (C=O) groups is 1. The molecule has 0 saturated heterocycles. The van der Waals surface area contributed by atoms with E-state index >= 15 is 0 Å². The van der Waals surface area contributed by atoms with Gasteiger partial charge in [-0.05, 0) is 30.5 Å². The van der Waals surface area contributed by atoms with Crippen molar-refractivity contribution in [3.05, 3.63) is 35.4 Å². The fourth-order valence-corrected chi connectivity index (χ4v) is 4.16. The highest BCUT2D eigenvalue weighted by atomic mass is 35.6. The van der Waals surface area contributed by atoms with Crippen LogP contribution in [-0.2, 0) is 14.6 Å². The molecule has 2 unspecified atom stereocenters. The van der Waals surface area contributed by atoms with Crippen LogP contribution in [0.4, 0.5) is 4.79 Å². The van der Waals surface area contributed by atoms with Crippen molar-refractivity contribution >= 4 is 50.7 Å². The molecule has 0 radical (unpaired) electrons. The molecular weight excluding hydrogens is 435 g/mol. The molecule has 0 heterocycles. The molecule has 0 aliphatic carbocycles. The van der Waals surface area contributed by atoms with Gasteiger partial charge in [0, 0.05) is 6.04 Å². The highest BCUT2D eigenvalue weighted by Crippen LogP contribution is 2.26. The van der Waals surface area contributed by atoms with Crippen LogP contribution in [0, 0.1) is 17.2 Å². The number of nitrogens with zero attached hydrogens (tertiary/aromatic N) is 1. The summed E-state index contributed by atoms with van der Waals surface area (Å²) in [5.41, 5.74) is 1.01. The number of halogens is 3. The number of hydrogen-bond donors (Lipinski definition) is 1. The number of alkyl carbamates (subject to hydrolysis) is 1. The van der Waals surface area contributed by atoms with Crippen LogP contribution in [0.25, 0.3) is 0 Å². The molecule has 1 rings (SSSR count). The molecule has 2 atom stereocenters. The van der Waals surface area contributed by atoms with E-state index < -0.39 is 37.6 Å². The zero-order chi connectivity index (χ0) is 20.8. The van der Waals surface area contributed by atoms with Gasteiger partial charge < -0.3 is 10.1 Å². The largest absolute Gasteiger partial charge is 0.445 e. The number of hydrogen-bond acceptors (Lipinski definition) is 5. The number of rotatable bonds is 7. The molecule has 0 bridgehead atoms. The van der Waals surface area contributed by atoms with Gasteiger partial charge in [0.15, 0.2) is 9.84 Å². The Balaban J connectivity index is 2.84. The van der Waals surface area contributed by atoms with Crippen molar-refractivity contribution in [2.75, 3.05) is 12.4 Å². The highest BCUT2D eigenvalue weighted by molar-refractivity contribution is 7.91. The second kappa shape index (κ2) is 9.83. The van der Waals surface area contributed by atoms with Crippen molar-refractivity contribution in [1.29, 1.82) is 5.26 Å². The number of sulfone groups is 1. The van der Waals surface area contributed by atoms with E-state index in [1.807, 2.05) is 6.07 Å². The maximum Gasteiger partial charge on any atom is 0.407 e. The lowest BCUT2D eigenvalue weighted by molar-refractivity contribution is 0.142. The summed E-state index contributed by atoms with van der Waals surface area (Å²) in [4.78, 5) is 11.9. The van der Waals surface area contributed by atoms with E-state index in [0.717, 1.165) is 0 Å². The first-order valence-electron chi connectivity index (χ1n) is 8.07. The maximum atomic E-state index is 12.8. The van der Waals surface area contributed by atoms with Gasteiger partial charge in [-0.1, -0.05) is 60.8 Å².